The summed E-state index contributed by atoms with van der Waals surface area (Å²) in [6.45, 7) is 2.00. The Kier molecular flexibility index (Phi) is 3.98. The van der Waals surface area contributed by atoms with Gasteiger partial charge in [-0.25, -0.2) is 13.8 Å². The number of hydrogen-bond donors (Lipinski definition) is 1. The lowest BCUT2D eigenvalue weighted by Crippen LogP contribution is -2.28. The average molecular weight is 293 g/mol. The van der Waals surface area contributed by atoms with E-state index < -0.39 is 17.7 Å². The summed E-state index contributed by atoms with van der Waals surface area (Å²) in [5.74, 6) is -1.69. The van der Waals surface area contributed by atoms with Crippen LogP contribution in [-0.2, 0) is 6.54 Å². The van der Waals surface area contributed by atoms with Gasteiger partial charge in [-0.15, -0.1) is 0 Å². The van der Waals surface area contributed by atoms with E-state index in [0.29, 0.717) is 18.5 Å². The summed E-state index contributed by atoms with van der Waals surface area (Å²) >= 11 is 0. The Morgan fingerprint density at radius 1 is 1.24 bits per heavy atom. The summed E-state index contributed by atoms with van der Waals surface area (Å²) in [6, 6.07) is 3.87. The lowest BCUT2D eigenvalue weighted by molar-refractivity contribution is 0.173. The summed E-state index contributed by atoms with van der Waals surface area (Å²) < 4.78 is 28.4. The van der Waals surface area contributed by atoms with Gasteiger partial charge in [0.1, 0.15) is 0 Å². The summed E-state index contributed by atoms with van der Waals surface area (Å²) in [5.41, 5.74) is 0.705. The molecule has 0 saturated carbocycles. The van der Waals surface area contributed by atoms with Crippen LogP contribution in [0, 0.1) is 11.6 Å². The maximum atomic E-state index is 13.4. The van der Waals surface area contributed by atoms with Crippen molar-refractivity contribution in [2.45, 2.75) is 25.1 Å². The first-order valence-corrected chi connectivity index (χ1v) is 6.96. The van der Waals surface area contributed by atoms with E-state index in [1.807, 2.05) is 10.8 Å². The van der Waals surface area contributed by atoms with Gasteiger partial charge in [0.15, 0.2) is 11.6 Å². The van der Waals surface area contributed by atoms with Gasteiger partial charge in [0.2, 0.25) is 0 Å². The molecule has 1 aromatic carbocycles. The van der Waals surface area contributed by atoms with Gasteiger partial charge in [0.05, 0.1) is 12.4 Å². The van der Waals surface area contributed by atoms with Crippen molar-refractivity contribution in [3.8, 4) is 0 Å². The van der Waals surface area contributed by atoms with Crippen LogP contribution in [0.5, 0.6) is 0 Å². The Hall–Kier alpha value is -1.79. The Labute approximate surface area is 121 Å². The number of likely N-dealkylation sites (tertiary alicyclic amines) is 1. The maximum absolute atomic E-state index is 13.4. The minimum atomic E-state index is -0.845. The van der Waals surface area contributed by atoms with Gasteiger partial charge in [0, 0.05) is 38.1 Å². The van der Waals surface area contributed by atoms with Crippen molar-refractivity contribution in [2.24, 2.45) is 0 Å². The highest BCUT2D eigenvalue weighted by Gasteiger charge is 2.32. The van der Waals surface area contributed by atoms with Crippen LogP contribution >= 0.6 is 0 Å². The van der Waals surface area contributed by atoms with Crippen molar-refractivity contribution in [1.29, 1.82) is 0 Å². The topological polar surface area (TPSA) is 41.3 Å². The monoisotopic (exact) mass is 293 g/mol. The highest BCUT2D eigenvalue weighted by Crippen LogP contribution is 2.32. The van der Waals surface area contributed by atoms with E-state index in [-0.39, 0.29) is 6.04 Å². The second kappa shape index (κ2) is 5.91. The molecule has 3 rings (SSSR count). The van der Waals surface area contributed by atoms with E-state index in [1.54, 1.807) is 18.6 Å². The first-order valence-electron chi connectivity index (χ1n) is 6.96. The molecule has 0 spiro atoms. The highest BCUT2D eigenvalue weighted by molar-refractivity contribution is 5.22. The third-order valence-corrected chi connectivity index (χ3v) is 3.91. The lowest BCUT2D eigenvalue weighted by Gasteiger charge is -2.24. The number of rotatable bonds is 4. The third-order valence-electron chi connectivity index (χ3n) is 3.91. The number of halogens is 2. The van der Waals surface area contributed by atoms with Crippen LogP contribution in [0.3, 0.4) is 0 Å². The first-order chi connectivity index (χ1) is 10.1. The molecule has 1 aliphatic rings. The molecule has 2 heterocycles. The molecule has 21 heavy (non-hydrogen) atoms. The minimum Gasteiger partial charge on any atom is -0.392 e. The predicted molar refractivity (Wildman–Crippen MR) is 73.5 cm³/mol. The standard InChI is InChI=1S/C15H17F2N3O/c16-13-2-1-11(7-14(13)17)15-8-12(21)9-20(15)6-5-19-4-3-18-10-19/h1-4,7,10,12,15,21H,5-6,8-9H2/t12-,15-/m0/s1. The summed E-state index contributed by atoms with van der Waals surface area (Å²) in [7, 11) is 0. The molecule has 1 aliphatic heterocycles. The average Bonchev–Trinajstić information content (AvgIpc) is 3.09. The number of aromatic nitrogens is 2. The largest absolute Gasteiger partial charge is 0.392 e. The van der Waals surface area contributed by atoms with Gasteiger partial charge in [0.25, 0.3) is 0 Å². The second-order valence-corrected chi connectivity index (χ2v) is 5.37. The number of β-amino-alcohol motifs (C(OH)–C–C–N with tert-alkyl or cyclic N) is 1. The molecule has 112 valence electrons. The molecule has 0 unspecified atom stereocenters. The van der Waals surface area contributed by atoms with Crippen LogP contribution in [0.25, 0.3) is 0 Å². The summed E-state index contributed by atoms with van der Waals surface area (Å²) in [6.07, 6.45) is 5.42. The van der Waals surface area contributed by atoms with Gasteiger partial charge < -0.3 is 9.67 Å². The maximum Gasteiger partial charge on any atom is 0.159 e. The van der Waals surface area contributed by atoms with Gasteiger partial charge in [-0.3, -0.25) is 4.90 Å². The molecule has 1 fully saturated rings. The molecule has 2 aromatic rings. The van der Waals surface area contributed by atoms with E-state index in [9.17, 15) is 13.9 Å². The normalized spacial score (nSPS) is 22.8. The Morgan fingerprint density at radius 3 is 2.81 bits per heavy atom. The van der Waals surface area contributed by atoms with Gasteiger partial charge in [-0.1, -0.05) is 6.07 Å². The first kappa shape index (κ1) is 14.2. The van der Waals surface area contributed by atoms with Crippen LogP contribution in [0.4, 0.5) is 8.78 Å². The summed E-state index contributed by atoms with van der Waals surface area (Å²) in [5, 5.41) is 9.88. The van der Waals surface area contributed by atoms with Crippen LogP contribution in [0.2, 0.25) is 0 Å². The zero-order valence-corrected chi connectivity index (χ0v) is 11.5. The zero-order valence-electron chi connectivity index (χ0n) is 11.5. The molecular weight excluding hydrogens is 276 g/mol. The number of imidazole rings is 1. The summed E-state index contributed by atoms with van der Waals surface area (Å²) in [4.78, 5) is 6.08. The number of benzene rings is 1. The lowest BCUT2D eigenvalue weighted by atomic mass is 10.0. The van der Waals surface area contributed by atoms with E-state index in [4.69, 9.17) is 0 Å². The van der Waals surface area contributed by atoms with Crippen LogP contribution < -0.4 is 0 Å². The quantitative estimate of drug-likeness (QED) is 0.937. The molecule has 1 N–H and O–H groups in total. The molecule has 0 aliphatic carbocycles. The van der Waals surface area contributed by atoms with Crippen molar-refractivity contribution in [3.63, 3.8) is 0 Å². The predicted octanol–water partition coefficient (Wildman–Crippen LogP) is 1.97. The van der Waals surface area contributed by atoms with Crippen LogP contribution in [0.15, 0.2) is 36.9 Å². The smallest absolute Gasteiger partial charge is 0.159 e. The highest BCUT2D eigenvalue weighted by atomic mass is 19.2. The van der Waals surface area contributed by atoms with Gasteiger partial charge in [-0.2, -0.15) is 0 Å². The molecule has 4 nitrogen and oxygen atoms in total. The molecule has 0 radical (unpaired) electrons. The van der Waals surface area contributed by atoms with Crippen LogP contribution in [0.1, 0.15) is 18.0 Å². The van der Waals surface area contributed by atoms with E-state index in [1.165, 1.54) is 6.07 Å². The molecular formula is C15H17F2N3O. The second-order valence-electron chi connectivity index (χ2n) is 5.37. The molecule has 1 aromatic heterocycles. The SMILES string of the molecule is O[C@H]1C[C@@H](c2ccc(F)c(F)c2)N(CCn2ccnc2)C1. The fraction of sp³-hybridized carbons (Fsp3) is 0.400. The van der Waals surface area contributed by atoms with Crippen LogP contribution in [-0.4, -0.2) is 38.8 Å². The fourth-order valence-corrected chi connectivity index (χ4v) is 2.86. The Balaban J connectivity index is 1.73. The molecule has 6 heteroatoms. The van der Waals surface area contributed by atoms with Crippen molar-refractivity contribution in [2.75, 3.05) is 13.1 Å². The van der Waals surface area contributed by atoms with Gasteiger partial charge in [-0.05, 0) is 24.1 Å². The minimum absolute atomic E-state index is 0.0846. The molecule has 2 atom stereocenters. The number of hydrogen-bond acceptors (Lipinski definition) is 3. The fourth-order valence-electron chi connectivity index (χ4n) is 2.86. The van der Waals surface area contributed by atoms with Gasteiger partial charge >= 0.3 is 0 Å². The van der Waals surface area contributed by atoms with Crippen molar-refractivity contribution >= 4 is 0 Å². The number of aliphatic hydroxyl groups is 1. The van der Waals surface area contributed by atoms with Crippen molar-refractivity contribution in [3.05, 3.63) is 54.1 Å². The van der Waals surface area contributed by atoms with E-state index in [2.05, 4.69) is 9.88 Å². The molecule has 0 amide bonds. The van der Waals surface area contributed by atoms with E-state index in [0.717, 1.165) is 19.2 Å². The third kappa shape index (κ3) is 3.11. The van der Waals surface area contributed by atoms with E-state index >= 15 is 0 Å². The Bertz CT molecular complexity index is 603. The number of nitrogens with zero attached hydrogens (tertiary/aromatic N) is 3. The zero-order chi connectivity index (χ0) is 14.8. The number of aliphatic hydroxyl groups excluding tert-OH is 1. The Morgan fingerprint density at radius 2 is 2.10 bits per heavy atom. The molecule has 1 saturated heterocycles. The molecule has 0 bridgehead atoms. The van der Waals surface area contributed by atoms with Crippen molar-refractivity contribution in [1.82, 2.24) is 14.5 Å². The van der Waals surface area contributed by atoms with Crippen molar-refractivity contribution < 1.29 is 13.9 Å².